The van der Waals surface area contributed by atoms with Gasteiger partial charge in [-0.2, -0.15) is 0 Å². The summed E-state index contributed by atoms with van der Waals surface area (Å²) in [5.74, 6) is 2.98. The average molecular weight is 322 g/mol. The molecule has 0 saturated carbocycles. The summed E-state index contributed by atoms with van der Waals surface area (Å²) >= 11 is 0. The molecule has 0 saturated heterocycles. The lowest BCUT2D eigenvalue weighted by atomic mass is 10.0. The number of fused-ring (bicyclic) bond motifs is 1. The lowest BCUT2D eigenvalue weighted by Crippen LogP contribution is -2.12. The molecule has 0 amide bonds. The highest BCUT2D eigenvalue weighted by molar-refractivity contribution is 5.76. The maximum absolute atomic E-state index is 5.95. The predicted octanol–water partition coefficient (Wildman–Crippen LogP) is 5.36. The first-order valence-electron chi connectivity index (χ1n) is 8.74. The molecule has 0 spiro atoms. The van der Waals surface area contributed by atoms with E-state index < -0.39 is 0 Å². The fraction of sp³-hybridized carbons (Fsp3) is 0.381. The molecule has 0 N–H and O–H groups in total. The van der Waals surface area contributed by atoms with Crippen LogP contribution in [0, 0.1) is 0 Å². The number of benzene rings is 2. The van der Waals surface area contributed by atoms with Gasteiger partial charge in [-0.15, -0.1) is 0 Å². The van der Waals surface area contributed by atoms with Crippen LogP contribution < -0.4 is 4.74 Å². The molecule has 0 bridgehead atoms. The molecule has 1 aromatic heterocycles. The lowest BCUT2D eigenvalue weighted by molar-refractivity contribution is 0.297. The minimum absolute atomic E-state index is 0.391. The molecule has 1 heterocycles. The Morgan fingerprint density at radius 3 is 2.29 bits per heavy atom. The Hall–Kier alpha value is -2.29. The van der Waals surface area contributed by atoms with Crippen LogP contribution in [0.4, 0.5) is 0 Å². The number of para-hydroxylation sites is 2. The third-order valence-corrected chi connectivity index (χ3v) is 4.33. The highest BCUT2D eigenvalue weighted by Crippen LogP contribution is 2.22. The monoisotopic (exact) mass is 322 g/mol. The van der Waals surface area contributed by atoms with Crippen LogP contribution in [0.5, 0.6) is 5.75 Å². The molecule has 0 unspecified atom stereocenters. The molecule has 0 atom stereocenters. The van der Waals surface area contributed by atoms with E-state index >= 15 is 0 Å². The second-order valence-corrected chi connectivity index (χ2v) is 6.84. The minimum atomic E-state index is 0.391. The van der Waals surface area contributed by atoms with E-state index in [2.05, 4.69) is 74.7 Å². The van der Waals surface area contributed by atoms with Gasteiger partial charge in [-0.3, -0.25) is 0 Å². The summed E-state index contributed by atoms with van der Waals surface area (Å²) in [6.45, 7) is 10.2. The fourth-order valence-corrected chi connectivity index (χ4v) is 2.97. The van der Waals surface area contributed by atoms with E-state index in [9.17, 15) is 0 Å². The second-order valence-electron chi connectivity index (χ2n) is 6.84. The summed E-state index contributed by atoms with van der Waals surface area (Å²) in [6.07, 6.45) is 0. The van der Waals surface area contributed by atoms with Crippen molar-refractivity contribution in [1.29, 1.82) is 0 Å². The van der Waals surface area contributed by atoms with Crippen molar-refractivity contribution in [3.05, 3.63) is 59.9 Å². The van der Waals surface area contributed by atoms with Crippen molar-refractivity contribution < 1.29 is 4.74 Å². The Morgan fingerprint density at radius 1 is 0.917 bits per heavy atom. The molecule has 0 fully saturated rings. The van der Waals surface area contributed by atoms with Crippen molar-refractivity contribution in [2.24, 2.45) is 0 Å². The molecule has 3 nitrogen and oxygen atoms in total. The number of imidazole rings is 1. The Kier molecular flexibility index (Phi) is 4.89. The molecule has 2 aromatic carbocycles. The molecule has 126 valence electrons. The van der Waals surface area contributed by atoms with Gasteiger partial charge in [0.1, 0.15) is 18.2 Å². The summed E-state index contributed by atoms with van der Waals surface area (Å²) in [4.78, 5) is 4.78. The maximum Gasteiger partial charge on any atom is 0.119 e. The predicted molar refractivity (Wildman–Crippen MR) is 99.8 cm³/mol. The molecule has 0 aliphatic carbocycles. The van der Waals surface area contributed by atoms with E-state index in [0.29, 0.717) is 18.4 Å². The summed E-state index contributed by atoms with van der Waals surface area (Å²) < 4.78 is 8.23. The van der Waals surface area contributed by atoms with Crippen LogP contribution >= 0.6 is 0 Å². The molecule has 0 radical (unpaired) electrons. The normalized spacial score (nSPS) is 11.6. The molecule has 0 aliphatic heterocycles. The Bertz CT molecular complexity index is 800. The molecule has 24 heavy (non-hydrogen) atoms. The second kappa shape index (κ2) is 7.08. The van der Waals surface area contributed by atoms with Crippen molar-refractivity contribution in [1.82, 2.24) is 9.55 Å². The topological polar surface area (TPSA) is 27.1 Å². The van der Waals surface area contributed by atoms with E-state index in [4.69, 9.17) is 9.72 Å². The average Bonchev–Trinajstić information content (AvgIpc) is 2.94. The lowest BCUT2D eigenvalue weighted by Gasteiger charge is -2.13. The summed E-state index contributed by atoms with van der Waals surface area (Å²) in [5.41, 5.74) is 3.58. The molecule has 3 aromatic rings. The van der Waals surface area contributed by atoms with Gasteiger partial charge < -0.3 is 9.30 Å². The first-order chi connectivity index (χ1) is 11.6. The van der Waals surface area contributed by atoms with E-state index in [1.54, 1.807) is 0 Å². The van der Waals surface area contributed by atoms with Crippen molar-refractivity contribution in [3.63, 3.8) is 0 Å². The van der Waals surface area contributed by atoms with Crippen LogP contribution in [0.15, 0.2) is 48.5 Å². The molecular formula is C21H26N2O. The molecular weight excluding hydrogens is 296 g/mol. The Balaban J connectivity index is 1.72. The van der Waals surface area contributed by atoms with Gasteiger partial charge in [0.15, 0.2) is 0 Å². The number of hydrogen-bond donors (Lipinski definition) is 0. The number of ether oxygens (including phenoxy) is 1. The standard InChI is InChI=1S/C21H26N2O/c1-15(2)17-9-11-18(12-10-17)24-14-13-23-20-8-6-5-7-19(20)22-21(23)16(3)4/h5-12,15-16H,13-14H2,1-4H3. The fourth-order valence-electron chi connectivity index (χ4n) is 2.97. The van der Waals surface area contributed by atoms with E-state index in [1.807, 2.05) is 6.07 Å². The smallest absolute Gasteiger partial charge is 0.119 e. The Labute approximate surface area is 144 Å². The third kappa shape index (κ3) is 3.45. The van der Waals surface area contributed by atoms with E-state index in [1.165, 1.54) is 11.1 Å². The van der Waals surface area contributed by atoms with Gasteiger partial charge in [0.05, 0.1) is 17.6 Å². The number of aromatic nitrogens is 2. The van der Waals surface area contributed by atoms with Crippen LogP contribution in [0.3, 0.4) is 0 Å². The largest absolute Gasteiger partial charge is 0.492 e. The third-order valence-electron chi connectivity index (χ3n) is 4.33. The van der Waals surface area contributed by atoms with Gasteiger partial charge in [-0.1, -0.05) is 52.0 Å². The Morgan fingerprint density at radius 2 is 1.62 bits per heavy atom. The van der Waals surface area contributed by atoms with Crippen LogP contribution in [-0.4, -0.2) is 16.2 Å². The van der Waals surface area contributed by atoms with Crippen LogP contribution in [0.2, 0.25) is 0 Å². The van der Waals surface area contributed by atoms with Gasteiger partial charge >= 0.3 is 0 Å². The zero-order chi connectivity index (χ0) is 17.1. The van der Waals surface area contributed by atoms with Crippen molar-refractivity contribution in [2.75, 3.05) is 6.61 Å². The van der Waals surface area contributed by atoms with Crippen molar-refractivity contribution in [3.8, 4) is 5.75 Å². The van der Waals surface area contributed by atoms with Gasteiger partial charge in [0, 0.05) is 5.92 Å². The highest BCUT2D eigenvalue weighted by atomic mass is 16.5. The van der Waals surface area contributed by atoms with Gasteiger partial charge in [0.25, 0.3) is 0 Å². The summed E-state index contributed by atoms with van der Waals surface area (Å²) in [7, 11) is 0. The van der Waals surface area contributed by atoms with Crippen molar-refractivity contribution in [2.45, 2.75) is 46.1 Å². The van der Waals surface area contributed by atoms with E-state index in [-0.39, 0.29) is 0 Å². The zero-order valence-corrected chi connectivity index (χ0v) is 15.0. The number of hydrogen-bond acceptors (Lipinski definition) is 2. The first kappa shape index (κ1) is 16.6. The van der Waals surface area contributed by atoms with Crippen LogP contribution in [-0.2, 0) is 6.54 Å². The molecule has 3 heteroatoms. The van der Waals surface area contributed by atoms with Gasteiger partial charge in [-0.25, -0.2) is 4.98 Å². The maximum atomic E-state index is 5.95. The van der Waals surface area contributed by atoms with Gasteiger partial charge in [0.2, 0.25) is 0 Å². The van der Waals surface area contributed by atoms with Crippen LogP contribution in [0.1, 0.15) is 50.9 Å². The molecule has 0 aliphatic rings. The zero-order valence-electron chi connectivity index (χ0n) is 15.0. The van der Waals surface area contributed by atoms with Gasteiger partial charge in [-0.05, 0) is 35.7 Å². The quantitative estimate of drug-likeness (QED) is 0.610. The highest BCUT2D eigenvalue weighted by Gasteiger charge is 2.13. The summed E-state index contributed by atoms with van der Waals surface area (Å²) in [6, 6.07) is 16.7. The SMILES string of the molecule is CC(C)c1ccc(OCCn2c(C(C)C)nc3ccccc32)cc1. The number of nitrogens with zero attached hydrogens (tertiary/aromatic N) is 2. The van der Waals surface area contributed by atoms with Crippen molar-refractivity contribution >= 4 is 11.0 Å². The number of rotatable bonds is 6. The molecule has 3 rings (SSSR count). The van der Waals surface area contributed by atoms with E-state index in [0.717, 1.165) is 23.6 Å². The van der Waals surface area contributed by atoms with Crippen LogP contribution in [0.25, 0.3) is 11.0 Å². The minimum Gasteiger partial charge on any atom is -0.492 e. The summed E-state index contributed by atoms with van der Waals surface area (Å²) in [5, 5.41) is 0. The first-order valence-corrected chi connectivity index (χ1v) is 8.74.